The molecule has 21 heavy (non-hydrogen) atoms. The van der Waals surface area contributed by atoms with Crippen LogP contribution in [0.15, 0.2) is 24.3 Å². The van der Waals surface area contributed by atoms with Gasteiger partial charge in [0.05, 0.1) is 0 Å². The van der Waals surface area contributed by atoms with E-state index < -0.39 is 0 Å². The van der Waals surface area contributed by atoms with Crippen LogP contribution in [-0.4, -0.2) is 49.6 Å². The molecule has 2 fully saturated rings. The molecule has 0 spiro atoms. The summed E-state index contributed by atoms with van der Waals surface area (Å²) in [6, 6.07) is 7.11. The second-order valence-electron chi connectivity index (χ2n) is 5.90. The average molecular weight is 291 g/mol. The molecule has 3 rings (SSSR count). The zero-order valence-electron chi connectivity index (χ0n) is 12.2. The fourth-order valence-electron chi connectivity index (χ4n) is 2.67. The quantitative estimate of drug-likeness (QED) is 0.895. The minimum Gasteiger partial charge on any atom is -0.369 e. The summed E-state index contributed by atoms with van der Waals surface area (Å²) in [4.78, 5) is 16.3. The van der Waals surface area contributed by atoms with Gasteiger partial charge in [-0.3, -0.25) is 9.69 Å². The van der Waals surface area contributed by atoms with E-state index in [-0.39, 0.29) is 11.7 Å². The molecular weight excluding hydrogens is 269 g/mol. The van der Waals surface area contributed by atoms with Crippen molar-refractivity contribution < 1.29 is 9.18 Å². The van der Waals surface area contributed by atoms with Gasteiger partial charge >= 0.3 is 0 Å². The second-order valence-corrected chi connectivity index (χ2v) is 5.90. The Morgan fingerprint density at radius 1 is 1.14 bits per heavy atom. The summed E-state index contributed by atoms with van der Waals surface area (Å²) in [6.07, 6.45) is 2.87. The van der Waals surface area contributed by atoms with Gasteiger partial charge in [-0.15, -0.1) is 0 Å². The third-order valence-electron chi connectivity index (χ3n) is 4.16. The van der Waals surface area contributed by atoms with E-state index in [9.17, 15) is 9.18 Å². The van der Waals surface area contributed by atoms with Crippen molar-refractivity contribution in [2.24, 2.45) is 0 Å². The number of anilines is 1. The Bertz CT molecular complexity index is 479. The summed E-state index contributed by atoms with van der Waals surface area (Å²) in [5, 5.41) is 3.02. The molecule has 1 N–H and O–H groups in total. The molecule has 1 aliphatic carbocycles. The van der Waals surface area contributed by atoms with Crippen LogP contribution in [0.25, 0.3) is 0 Å². The SMILES string of the molecule is O=C(CCN1CCN(c2ccc(F)cc2)CC1)NC1CC1. The molecule has 0 unspecified atom stereocenters. The van der Waals surface area contributed by atoms with E-state index >= 15 is 0 Å². The molecule has 0 radical (unpaired) electrons. The van der Waals surface area contributed by atoms with Gasteiger partial charge in [-0.2, -0.15) is 0 Å². The van der Waals surface area contributed by atoms with Crippen LogP contribution in [0.1, 0.15) is 19.3 Å². The van der Waals surface area contributed by atoms with Crippen LogP contribution in [0.3, 0.4) is 0 Å². The topological polar surface area (TPSA) is 35.6 Å². The first-order valence-corrected chi connectivity index (χ1v) is 7.73. The Morgan fingerprint density at radius 2 is 1.81 bits per heavy atom. The number of rotatable bonds is 5. The maximum atomic E-state index is 12.9. The number of nitrogens with one attached hydrogen (secondary N) is 1. The van der Waals surface area contributed by atoms with E-state index in [0.717, 1.165) is 51.3 Å². The molecule has 1 aromatic carbocycles. The fourth-order valence-corrected chi connectivity index (χ4v) is 2.67. The Hall–Kier alpha value is -1.62. The highest BCUT2D eigenvalue weighted by molar-refractivity contribution is 5.76. The van der Waals surface area contributed by atoms with Crippen LogP contribution in [-0.2, 0) is 4.79 Å². The number of nitrogens with zero attached hydrogens (tertiary/aromatic N) is 2. The molecule has 1 heterocycles. The van der Waals surface area contributed by atoms with Crippen molar-refractivity contribution in [3.63, 3.8) is 0 Å². The minimum atomic E-state index is -0.195. The van der Waals surface area contributed by atoms with Crippen LogP contribution in [0, 0.1) is 5.82 Å². The average Bonchev–Trinajstić information content (AvgIpc) is 3.30. The molecule has 1 aromatic rings. The predicted molar refractivity (Wildman–Crippen MR) is 80.8 cm³/mol. The second kappa shape index (κ2) is 6.43. The van der Waals surface area contributed by atoms with E-state index in [1.165, 1.54) is 12.1 Å². The van der Waals surface area contributed by atoms with Crippen LogP contribution >= 0.6 is 0 Å². The maximum absolute atomic E-state index is 12.9. The maximum Gasteiger partial charge on any atom is 0.221 e. The van der Waals surface area contributed by atoms with Crippen molar-refractivity contribution in [3.8, 4) is 0 Å². The summed E-state index contributed by atoms with van der Waals surface area (Å²) >= 11 is 0. The first-order valence-electron chi connectivity index (χ1n) is 7.73. The van der Waals surface area contributed by atoms with Crippen molar-refractivity contribution in [1.29, 1.82) is 0 Å². The Morgan fingerprint density at radius 3 is 2.43 bits per heavy atom. The normalized spacial score (nSPS) is 19.6. The number of carbonyl (C=O) groups excluding carboxylic acids is 1. The zero-order valence-corrected chi connectivity index (χ0v) is 12.2. The zero-order chi connectivity index (χ0) is 14.7. The largest absolute Gasteiger partial charge is 0.369 e. The Labute approximate surface area is 124 Å². The molecule has 1 aliphatic heterocycles. The van der Waals surface area contributed by atoms with Gasteiger partial charge in [-0.1, -0.05) is 0 Å². The first kappa shape index (κ1) is 14.3. The summed E-state index contributed by atoms with van der Waals surface area (Å²) < 4.78 is 12.9. The lowest BCUT2D eigenvalue weighted by molar-refractivity contribution is -0.121. The van der Waals surface area contributed by atoms with Gasteiger partial charge in [0.2, 0.25) is 5.91 Å². The van der Waals surface area contributed by atoms with Crippen LogP contribution in [0.2, 0.25) is 0 Å². The fraction of sp³-hybridized carbons (Fsp3) is 0.562. The van der Waals surface area contributed by atoms with Gasteiger partial charge in [-0.25, -0.2) is 4.39 Å². The van der Waals surface area contributed by atoms with Crippen molar-refractivity contribution in [2.75, 3.05) is 37.6 Å². The highest BCUT2D eigenvalue weighted by Gasteiger charge is 2.23. The number of amides is 1. The lowest BCUT2D eigenvalue weighted by Gasteiger charge is -2.36. The van der Waals surface area contributed by atoms with E-state index in [2.05, 4.69) is 15.1 Å². The minimum absolute atomic E-state index is 0.179. The number of halogens is 1. The monoisotopic (exact) mass is 291 g/mol. The molecule has 1 saturated carbocycles. The number of hydrogen-bond donors (Lipinski definition) is 1. The van der Waals surface area contributed by atoms with Gasteiger partial charge in [-0.05, 0) is 37.1 Å². The van der Waals surface area contributed by atoms with Crippen molar-refractivity contribution in [3.05, 3.63) is 30.1 Å². The molecule has 1 amide bonds. The Kier molecular flexibility index (Phi) is 4.39. The first-order chi connectivity index (χ1) is 10.2. The van der Waals surface area contributed by atoms with Crippen molar-refractivity contribution in [1.82, 2.24) is 10.2 Å². The summed E-state index contributed by atoms with van der Waals surface area (Å²) in [6.45, 7) is 4.59. The van der Waals surface area contributed by atoms with Gasteiger partial charge in [0.1, 0.15) is 5.82 Å². The molecule has 1 saturated heterocycles. The molecule has 0 bridgehead atoms. The summed E-state index contributed by atoms with van der Waals surface area (Å²) in [7, 11) is 0. The van der Waals surface area contributed by atoms with Gasteiger partial charge in [0.15, 0.2) is 0 Å². The van der Waals surface area contributed by atoms with Gasteiger partial charge in [0.25, 0.3) is 0 Å². The molecule has 0 atom stereocenters. The lowest BCUT2D eigenvalue weighted by atomic mass is 10.2. The van der Waals surface area contributed by atoms with Crippen LogP contribution in [0.5, 0.6) is 0 Å². The van der Waals surface area contributed by atoms with E-state index in [4.69, 9.17) is 0 Å². The highest BCUT2D eigenvalue weighted by atomic mass is 19.1. The number of benzene rings is 1. The third kappa shape index (κ3) is 4.17. The summed E-state index contributed by atoms with van der Waals surface area (Å²) in [5.74, 6) is -0.0162. The van der Waals surface area contributed by atoms with E-state index in [1.807, 2.05) is 12.1 Å². The smallest absolute Gasteiger partial charge is 0.221 e. The molecule has 5 heteroatoms. The lowest BCUT2D eigenvalue weighted by Crippen LogP contribution is -2.47. The predicted octanol–water partition coefficient (Wildman–Crippen LogP) is 1.62. The number of carbonyl (C=O) groups is 1. The molecule has 2 aliphatic rings. The third-order valence-corrected chi connectivity index (χ3v) is 4.16. The molecule has 4 nitrogen and oxygen atoms in total. The van der Waals surface area contributed by atoms with E-state index in [0.29, 0.717) is 12.5 Å². The Balaban J connectivity index is 1.40. The molecule has 0 aromatic heterocycles. The van der Waals surface area contributed by atoms with Crippen molar-refractivity contribution in [2.45, 2.75) is 25.3 Å². The summed E-state index contributed by atoms with van der Waals surface area (Å²) in [5.41, 5.74) is 1.07. The van der Waals surface area contributed by atoms with E-state index in [1.54, 1.807) is 0 Å². The highest BCUT2D eigenvalue weighted by Crippen LogP contribution is 2.19. The standard InChI is InChI=1S/C16H22FN3O/c17-13-1-5-15(6-2-13)20-11-9-19(10-12-20)8-7-16(21)18-14-3-4-14/h1-2,5-6,14H,3-4,7-12H2,(H,18,21). The number of hydrogen-bond acceptors (Lipinski definition) is 3. The van der Waals surface area contributed by atoms with Crippen LogP contribution < -0.4 is 10.2 Å². The number of piperazine rings is 1. The van der Waals surface area contributed by atoms with Gasteiger partial charge in [0, 0.05) is 50.9 Å². The molecule has 114 valence electrons. The van der Waals surface area contributed by atoms with Gasteiger partial charge < -0.3 is 10.2 Å². The van der Waals surface area contributed by atoms with Crippen molar-refractivity contribution >= 4 is 11.6 Å². The van der Waals surface area contributed by atoms with Crippen LogP contribution in [0.4, 0.5) is 10.1 Å². The molecular formula is C16H22FN3O.